The van der Waals surface area contributed by atoms with Crippen molar-refractivity contribution in [2.45, 2.75) is 17.4 Å². The maximum absolute atomic E-state index is 13.1. The Bertz CT molecular complexity index is 1110. The molecule has 0 saturated heterocycles. The SMILES string of the molecule is COc1ccc(OC)c(S(=O)(=O)NC[C@H](c2ccco2)N2CCc3ccccc32)c1. The fourth-order valence-electron chi connectivity index (χ4n) is 3.79. The monoisotopic (exact) mass is 428 g/mol. The van der Waals surface area contributed by atoms with E-state index in [9.17, 15) is 8.42 Å². The summed E-state index contributed by atoms with van der Waals surface area (Å²) in [6.45, 7) is 0.930. The van der Waals surface area contributed by atoms with Crippen LogP contribution in [0.2, 0.25) is 0 Å². The third-order valence-corrected chi connectivity index (χ3v) is 6.74. The number of furan rings is 1. The van der Waals surface area contributed by atoms with Crippen LogP contribution in [0.1, 0.15) is 17.4 Å². The Labute approximate surface area is 176 Å². The lowest BCUT2D eigenvalue weighted by molar-refractivity contribution is 0.391. The van der Waals surface area contributed by atoms with Gasteiger partial charge in [-0.2, -0.15) is 0 Å². The molecule has 1 atom stereocenters. The number of hydrogen-bond acceptors (Lipinski definition) is 6. The molecular weight excluding hydrogens is 404 g/mol. The van der Waals surface area contributed by atoms with Crippen LogP contribution >= 0.6 is 0 Å². The third-order valence-electron chi connectivity index (χ3n) is 5.30. The van der Waals surface area contributed by atoms with Gasteiger partial charge in [0.05, 0.1) is 20.5 Å². The smallest absolute Gasteiger partial charge is 0.244 e. The van der Waals surface area contributed by atoms with Gasteiger partial charge < -0.3 is 18.8 Å². The van der Waals surface area contributed by atoms with E-state index in [1.165, 1.54) is 25.8 Å². The van der Waals surface area contributed by atoms with Crippen LogP contribution in [0, 0.1) is 0 Å². The molecule has 0 radical (unpaired) electrons. The number of ether oxygens (including phenoxy) is 2. The molecule has 7 nitrogen and oxygen atoms in total. The molecule has 1 N–H and O–H groups in total. The van der Waals surface area contributed by atoms with E-state index < -0.39 is 10.0 Å². The van der Waals surface area contributed by atoms with E-state index >= 15 is 0 Å². The first-order chi connectivity index (χ1) is 14.5. The maximum atomic E-state index is 13.1. The molecule has 158 valence electrons. The zero-order valence-corrected chi connectivity index (χ0v) is 17.7. The number of sulfonamides is 1. The number of anilines is 1. The van der Waals surface area contributed by atoms with Gasteiger partial charge in [0.15, 0.2) is 0 Å². The van der Waals surface area contributed by atoms with Gasteiger partial charge in [0.2, 0.25) is 10.0 Å². The minimum Gasteiger partial charge on any atom is -0.497 e. The van der Waals surface area contributed by atoms with Gasteiger partial charge in [-0.1, -0.05) is 18.2 Å². The topological polar surface area (TPSA) is 81.0 Å². The molecule has 2 heterocycles. The fraction of sp³-hybridized carbons (Fsp3) is 0.273. The Morgan fingerprint density at radius 1 is 1.10 bits per heavy atom. The zero-order chi connectivity index (χ0) is 21.1. The fourth-order valence-corrected chi connectivity index (χ4v) is 5.01. The van der Waals surface area contributed by atoms with Gasteiger partial charge in [-0.05, 0) is 42.3 Å². The van der Waals surface area contributed by atoms with Crippen molar-refractivity contribution in [1.29, 1.82) is 0 Å². The second kappa shape index (κ2) is 8.41. The van der Waals surface area contributed by atoms with Gasteiger partial charge in [-0.15, -0.1) is 0 Å². The maximum Gasteiger partial charge on any atom is 0.244 e. The minimum atomic E-state index is -3.85. The Morgan fingerprint density at radius 2 is 1.93 bits per heavy atom. The van der Waals surface area contributed by atoms with Crippen molar-refractivity contribution in [1.82, 2.24) is 4.72 Å². The molecule has 2 aromatic carbocycles. The number of para-hydroxylation sites is 1. The standard InChI is InChI=1S/C22H24N2O5S/c1-27-17-9-10-21(28-2)22(14-17)30(25,26)23-15-19(20-8-5-13-29-20)24-12-11-16-6-3-4-7-18(16)24/h3-10,13-14,19,23H,11-12,15H2,1-2H3/t19-/m1/s1. The van der Waals surface area contributed by atoms with Crippen molar-refractivity contribution in [3.63, 3.8) is 0 Å². The second-order valence-electron chi connectivity index (χ2n) is 6.97. The van der Waals surface area contributed by atoms with Crippen molar-refractivity contribution >= 4 is 15.7 Å². The van der Waals surface area contributed by atoms with E-state index in [4.69, 9.17) is 13.9 Å². The van der Waals surface area contributed by atoms with Crippen LogP contribution in [-0.2, 0) is 16.4 Å². The summed E-state index contributed by atoms with van der Waals surface area (Å²) in [4.78, 5) is 2.21. The van der Waals surface area contributed by atoms with Crippen LogP contribution in [0.4, 0.5) is 5.69 Å². The number of methoxy groups -OCH3 is 2. The van der Waals surface area contributed by atoms with Crippen molar-refractivity contribution in [2.24, 2.45) is 0 Å². The van der Waals surface area contributed by atoms with Gasteiger partial charge >= 0.3 is 0 Å². The van der Waals surface area contributed by atoms with E-state index in [0.717, 1.165) is 18.7 Å². The summed E-state index contributed by atoms with van der Waals surface area (Å²) in [5, 5.41) is 0. The highest BCUT2D eigenvalue weighted by Crippen LogP contribution is 2.35. The first-order valence-corrected chi connectivity index (χ1v) is 11.1. The van der Waals surface area contributed by atoms with E-state index in [1.807, 2.05) is 24.3 Å². The Hall–Kier alpha value is -2.97. The number of benzene rings is 2. The average molecular weight is 429 g/mol. The first-order valence-electron chi connectivity index (χ1n) is 9.63. The van der Waals surface area contributed by atoms with Crippen molar-refractivity contribution in [3.8, 4) is 11.5 Å². The number of nitrogens with zero attached hydrogens (tertiary/aromatic N) is 1. The van der Waals surface area contributed by atoms with E-state index in [1.54, 1.807) is 18.4 Å². The lowest BCUT2D eigenvalue weighted by Crippen LogP contribution is -2.37. The molecule has 1 aliphatic rings. The van der Waals surface area contributed by atoms with Crippen molar-refractivity contribution < 1.29 is 22.3 Å². The molecule has 0 spiro atoms. The Balaban J connectivity index is 1.63. The predicted octanol–water partition coefficient (Wildman–Crippen LogP) is 3.38. The quantitative estimate of drug-likeness (QED) is 0.592. The highest BCUT2D eigenvalue weighted by atomic mass is 32.2. The molecule has 0 saturated carbocycles. The zero-order valence-electron chi connectivity index (χ0n) is 16.9. The number of nitrogens with one attached hydrogen (secondary N) is 1. The molecule has 3 aromatic rings. The molecule has 30 heavy (non-hydrogen) atoms. The summed E-state index contributed by atoms with van der Waals surface area (Å²) in [5.74, 6) is 1.39. The lowest BCUT2D eigenvalue weighted by Gasteiger charge is -2.29. The highest BCUT2D eigenvalue weighted by Gasteiger charge is 2.31. The molecule has 8 heteroatoms. The van der Waals surface area contributed by atoms with Crippen LogP contribution in [0.3, 0.4) is 0 Å². The van der Waals surface area contributed by atoms with Gasteiger partial charge in [0, 0.05) is 24.8 Å². The number of rotatable bonds is 8. The van der Waals surface area contributed by atoms with E-state index in [-0.39, 0.29) is 23.2 Å². The summed E-state index contributed by atoms with van der Waals surface area (Å²) < 4.78 is 45.1. The number of hydrogen-bond donors (Lipinski definition) is 1. The Kier molecular flexibility index (Phi) is 5.69. The number of fused-ring (bicyclic) bond motifs is 1. The molecule has 0 aliphatic carbocycles. The molecule has 0 bridgehead atoms. The van der Waals surface area contributed by atoms with Gasteiger partial charge in [-0.3, -0.25) is 0 Å². The lowest BCUT2D eigenvalue weighted by atomic mass is 10.1. The molecular formula is C22H24N2O5S. The van der Waals surface area contributed by atoms with Crippen molar-refractivity contribution in [2.75, 3.05) is 32.2 Å². The minimum absolute atomic E-state index is 0.0318. The summed E-state index contributed by atoms with van der Waals surface area (Å²) >= 11 is 0. The Morgan fingerprint density at radius 3 is 2.67 bits per heavy atom. The van der Waals surface area contributed by atoms with Crippen molar-refractivity contribution in [3.05, 3.63) is 72.2 Å². The van der Waals surface area contributed by atoms with Gasteiger partial charge in [0.1, 0.15) is 28.2 Å². The van der Waals surface area contributed by atoms with Crippen LogP contribution in [0.5, 0.6) is 11.5 Å². The largest absolute Gasteiger partial charge is 0.497 e. The van der Waals surface area contributed by atoms with Crippen LogP contribution in [0.25, 0.3) is 0 Å². The summed E-state index contributed by atoms with van der Waals surface area (Å²) in [7, 11) is -0.924. The average Bonchev–Trinajstić information content (AvgIpc) is 3.44. The van der Waals surface area contributed by atoms with Gasteiger partial charge in [0.25, 0.3) is 0 Å². The van der Waals surface area contributed by atoms with E-state index in [0.29, 0.717) is 11.5 Å². The first kappa shape index (κ1) is 20.3. The second-order valence-corrected chi connectivity index (χ2v) is 8.71. The molecule has 0 fully saturated rings. The molecule has 4 rings (SSSR count). The van der Waals surface area contributed by atoms with Crippen LogP contribution in [-0.4, -0.2) is 35.7 Å². The van der Waals surface area contributed by atoms with Crippen LogP contribution < -0.4 is 19.1 Å². The van der Waals surface area contributed by atoms with Crippen LogP contribution in [0.15, 0.2) is 70.2 Å². The molecule has 1 aromatic heterocycles. The third kappa shape index (κ3) is 3.88. The normalized spacial score (nSPS) is 14.4. The molecule has 0 unspecified atom stereocenters. The summed E-state index contributed by atoms with van der Waals surface area (Å²) in [5.41, 5.74) is 2.34. The molecule has 1 aliphatic heterocycles. The van der Waals surface area contributed by atoms with E-state index in [2.05, 4.69) is 21.8 Å². The predicted molar refractivity (Wildman–Crippen MR) is 114 cm³/mol. The summed E-state index contributed by atoms with van der Waals surface area (Å²) in [6, 6.07) is 16.2. The highest BCUT2D eigenvalue weighted by molar-refractivity contribution is 7.89. The molecule has 0 amide bonds. The summed E-state index contributed by atoms with van der Waals surface area (Å²) in [6.07, 6.45) is 2.51. The van der Waals surface area contributed by atoms with Gasteiger partial charge in [-0.25, -0.2) is 13.1 Å².